The minimum absolute atomic E-state index is 0.0883. The minimum Gasteiger partial charge on any atom is -0.462 e. The predicted octanol–water partition coefficient (Wildman–Crippen LogP) is 23.6. The van der Waals surface area contributed by atoms with Crippen LogP contribution >= 0.6 is 0 Å². The van der Waals surface area contributed by atoms with Crippen molar-refractivity contribution in [2.75, 3.05) is 13.2 Å². The summed E-state index contributed by atoms with van der Waals surface area (Å²) in [6.45, 7) is 6.52. The number of hydrogen-bond donors (Lipinski definition) is 0. The van der Waals surface area contributed by atoms with E-state index in [0.717, 1.165) is 109 Å². The van der Waals surface area contributed by atoms with Gasteiger partial charge in [-0.1, -0.05) is 311 Å². The van der Waals surface area contributed by atoms with Gasteiger partial charge >= 0.3 is 17.9 Å². The molecule has 6 heteroatoms. The van der Waals surface area contributed by atoms with Crippen molar-refractivity contribution in [1.82, 2.24) is 0 Å². The van der Waals surface area contributed by atoms with E-state index < -0.39 is 6.10 Å². The molecule has 0 aliphatic rings. The van der Waals surface area contributed by atoms with Crippen molar-refractivity contribution >= 4 is 17.9 Å². The molecule has 0 fully saturated rings. The standard InChI is InChI=1S/C74H128O6/c1-4-7-10-13-16-19-22-24-26-28-30-32-34-36-37-39-40-42-44-46-48-50-52-55-58-61-64-67-73(76)79-70-71(69-78-72(75)66-63-60-57-54-21-18-15-12-9-6-3)80-74(77)68-65-62-59-56-53-51-49-47-45-43-41-38-35-33-31-29-27-25-23-20-17-14-11-8-5-2/h8,11,17,20,25,27-28,30-31,33,38,41,45,47,51,53,71H,4-7,9-10,12-16,18-19,21-24,26,29,32,34-37,39-40,42-44,46,48-50,52,54-70H2,1-3H3/b11-8-,20-17-,27-25-,30-28-,33-31-,41-38-,47-45-,53-51-. The van der Waals surface area contributed by atoms with E-state index in [9.17, 15) is 14.4 Å². The Morgan fingerprint density at radius 3 is 0.787 bits per heavy atom. The van der Waals surface area contributed by atoms with E-state index in [0.29, 0.717) is 12.8 Å². The van der Waals surface area contributed by atoms with Gasteiger partial charge in [-0.05, 0) is 103 Å². The first-order valence-corrected chi connectivity index (χ1v) is 34.2. The molecule has 0 N–H and O–H groups in total. The zero-order chi connectivity index (χ0) is 57.8. The highest BCUT2D eigenvalue weighted by Gasteiger charge is 2.19. The van der Waals surface area contributed by atoms with Crippen LogP contribution in [-0.2, 0) is 28.6 Å². The van der Waals surface area contributed by atoms with Crippen LogP contribution in [0.15, 0.2) is 97.2 Å². The Labute approximate surface area is 496 Å². The fraction of sp³-hybridized carbons (Fsp3) is 0.743. The largest absolute Gasteiger partial charge is 0.462 e. The number of allylic oxidation sites excluding steroid dienone is 16. The van der Waals surface area contributed by atoms with Gasteiger partial charge in [0.1, 0.15) is 13.2 Å². The monoisotopic (exact) mass is 1110 g/mol. The first-order valence-electron chi connectivity index (χ1n) is 34.2. The lowest BCUT2D eigenvalue weighted by Gasteiger charge is -2.18. The topological polar surface area (TPSA) is 78.9 Å². The highest BCUT2D eigenvalue weighted by atomic mass is 16.6. The summed E-state index contributed by atoms with van der Waals surface area (Å²) in [7, 11) is 0. The summed E-state index contributed by atoms with van der Waals surface area (Å²) in [6.07, 6.45) is 91.5. The molecule has 6 nitrogen and oxygen atoms in total. The molecule has 1 atom stereocenters. The zero-order valence-electron chi connectivity index (χ0n) is 52.8. The molecule has 460 valence electrons. The molecule has 0 spiro atoms. The molecule has 0 radical (unpaired) electrons. The SMILES string of the molecule is CC/C=C\C/C=C\C/C=C\C/C=C\C/C=C\C/C=C\C/C=C\CCCCCC(=O)OC(COC(=O)CCCCCCCCCCCC)COC(=O)CCCCCCCCCCCCCCCCC/C=C\CCCCCCCCCC. The Kier molecular flexibility index (Phi) is 64.7. The molecular formula is C74H128O6. The van der Waals surface area contributed by atoms with E-state index >= 15 is 0 Å². The Hall–Kier alpha value is -3.67. The van der Waals surface area contributed by atoms with Crippen LogP contribution in [0, 0.1) is 0 Å². The van der Waals surface area contributed by atoms with Crippen LogP contribution in [0.1, 0.15) is 335 Å². The number of unbranched alkanes of at least 4 members (excludes halogenated alkanes) is 35. The van der Waals surface area contributed by atoms with Gasteiger partial charge in [0.15, 0.2) is 6.10 Å². The molecule has 0 amide bonds. The van der Waals surface area contributed by atoms with E-state index in [1.165, 1.54) is 186 Å². The maximum Gasteiger partial charge on any atom is 0.306 e. The van der Waals surface area contributed by atoms with Gasteiger partial charge in [-0.2, -0.15) is 0 Å². The number of carbonyl (C=O) groups excluding carboxylic acids is 3. The molecule has 0 saturated carbocycles. The molecule has 0 bridgehead atoms. The van der Waals surface area contributed by atoms with Crippen molar-refractivity contribution < 1.29 is 28.6 Å². The summed E-state index contributed by atoms with van der Waals surface area (Å²) in [5, 5.41) is 0. The van der Waals surface area contributed by atoms with E-state index in [1.54, 1.807) is 0 Å². The normalized spacial score (nSPS) is 12.7. The Morgan fingerprint density at radius 1 is 0.263 bits per heavy atom. The summed E-state index contributed by atoms with van der Waals surface area (Å²) in [6, 6.07) is 0. The van der Waals surface area contributed by atoms with Crippen molar-refractivity contribution in [1.29, 1.82) is 0 Å². The molecule has 0 heterocycles. The summed E-state index contributed by atoms with van der Waals surface area (Å²) in [5.74, 6) is -0.910. The zero-order valence-corrected chi connectivity index (χ0v) is 52.8. The van der Waals surface area contributed by atoms with Gasteiger partial charge in [0.25, 0.3) is 0 Å². The van der Waals surface area contributed by atoms with Crippen LogP contribution in [0.3, 0.4) is 0 Å². The highest BCUT2D eigenvalue weighted by molar-refractivity contribution is 5.71. The third kappa shape index (κ3) is 65.1. The fourth-order valence-corrected chi connectivity index (χ4v) is 9.71. The van der Waals surface area contributed by atoms with E-state index in [4.69, 9.17) is 14.2 Å². The van der Waals surface area contributed by atoms with Gasteiger partial charge in [0, 0.05) is 19.3 Å². The van der Waals surface area contributed by atoms with Gasteiger partial charge in [0.05, 0.1) is 0 Å². The second-order valence-corrected chi connectivity index (χ2v) is 22.7. The maximum absolute atomic E-state index is 12.9. The van der Waals surface area contributed by atoms with Gasteiger partial charge in [0.2, 0.25) is 0 Å². The molecular weight excluding hydrogens is 985 g/mol. The van der Waals surface area contributed by atoms with Gasteiger partial charge in [-0.25, -0.2) is 0 Å². The lowest BCUT2D eigenvalue weighted by molar-refractivity contribution is -0.167. The third-order valence-corrected chi connectivity index (χ3v) is 14.8. The third-order valence-electron chi connectivity index (χ3n) is 14.8. The lowest BCUT2D eigenvalue weighted by atomic mass is 10.0. The van der Waals surface area contributed by atoms with Crippen molar-refractivity contribution in [3.05, 3.63) is 97.2 Å². The Balaban J connectivity index is 4.27. The van der Waals surface area contributed by atoms with Crippen LogP contribution in [0.5, 0.6) is 0 Å². The van der Waals surface area contributed by atoms with Crippen LogP contribution < -0.4 is 0 Å². The average molecular weight is 1110 g/mol. The van der Waals surface area contributed by atoms with Gasteiger partial charge in [-0.15, -0.1) is 0 Å². The number of rotatable bonds is 62. The van der Waals surface area contributed by atoms with Crippen molar-refractivity contribution in [2.45, 2.75) is 341 Å². The summed E-state index contributed by atoms with van der Waals surface area (Å²) < 4.78 is 16.9. The second-order valence-electron chi connectivity index (χ2n) is 22.7. The Morgan fingerprint density at radius 2 is 0.487 bits per heavy atom. The second kappa shape index (κ2) is 67.8. The van der Waals surface area contributed by atoms with E-state index in [2.05, 4.69) is 118 Å². The lowest BCUT2D eigenvalue weighted by Crippen LogP contribution is -2.30. The van der Waals surface area contributed by atoms with Crippen LogP contribution in [-0.4, -0.2) is 37.2 Å². The van der Waals surface area contributed by atoms with Crippen molar-refractivity contribution in [3.8, 4) is 0 Å². The average Bonchev–Trinajstić information content (AvgIpc) is 3.46. The number of carbonyl (C=O) groups is 3. The molecule has 0 aliphatic heterocycles. The molecule has 80 heavy (non-hydrogen) atoms. The van der Waals surface area contributed by atoms with Gasteiger partial charge < -0.3 is 14.2 Å². The molecule has 0 rings (SSSR count). The van der Waals surface area contributed by atoms with Crippen molar-refractivity contribution in [3.63, 3.8) is 0 Å². The molecule has 0 aliphatic carbocycles. The summed E-state index contributed by atoms with van der Waals surface area (Å²) >= 11 is 0. The van der Waals surface area contributed by atoms with Crippen LogP contribution in [0.2, 0.25) is 0 Å². The summed E-state index contributed by atoms with van der Waals surface area (Å²) in [5.41, 5.74) is 0. The molecule has 1 unspecified atom stereocenters. The Bertz CT molecular complexity index is 1560. The molecule has 0 aromatic rings. The molecule has 0 aromatic heterocycles. The van der Waals surface area contributed by atoms with E-state index in [1.807, 2.05) is 0 Å². The van der Waals surface area contributed by atoms with Crippen LogP contribution in [0.4, 0.5) is 0 Å². The quantitative estimate of drug-likeness (QED) is 0.0261. The fourth-order valence-electron chi connectivity index (χ4n) is 9.71. The number of hydrogen-bond acceptors (Lipinski definition) is 6. The molecule has 0 saturated heterocycles. The molecule has 0 aromatic carbocycles. The predicted molar refractivity (Wildman–Crippen MR) is 348 cm³/mol. The number of ether oxygens (including phenoxy) is 3. The first kappa shape index (κ1) is 76.3. The first-order chi connectivity index (χ1) is 39.5. The van der Waals surface area contributed by atoms with Gasteiger partial charge in [-0.3, -0.25) is 14.4 Å². The summed E-state index contributed by atoms with van der Waals surface area (Å²) in [4.78, 5) is 38.3. The van der Waals surface area contributed by atoms with E-state index in [-0.39, 0.29) is 37.5 Å². The minimum atomic E-state index is -0.795. The maximum atomic E-state index is 12.9. The number of esters is 3. The van der Waals surface area contributed by atoms with Crippen LogP contribution in [0.25, 0.3) is 0 Å². The van der Waals surface area contributed by atoms with Crippen molar-refractivity contribution in [2.24, 2.45) is 0 Å². The smallest absolute Gasteiger partial charge is 0.306 e. The highest BCUT2D eigenvalue weighted by Crippen LogP contribution is 2.17.